The Labute approximate surface area is 217 Å². The molecule has 0 saturated carbocycles. The highest BCUT2D eigenvalue weighted by atomic mass is 19.3. The van der Waals surface area contributed by atoms with Gasteiger partial charge in [-0.15, -0.1) is 0 Å². The van der Waals surface area contributed by atoms with E-state index in [4.69, 9.17) is 4.74 Å². The van der Waals surface area contributed by atoms with Crippen molar-refractivity contribution in [3.05, 3.63) is 118 Å². The minimum atomic E-state index is -4.53. The van der Waals surface area contributed by atoms with Crippen molar-refractivity contribution >= 4 is 0 Å². The van der Waals surface area contributed by atoms with Gasteiger partial charge in [0.05, 0.1) is 12.2 Å². The van der Waals surface area contributed by atoms with Crippen LogP contribution in [0.3, 0.4) is 0 Å². The van der Waals surface area contributed by atoms with E-state index in [1.807, 2.05) is 0 Å². The summed E-state index contributed by atoms with van der Waals surface area (Å²) in [7, 11) is 0. The van der Waals surface area contributed by atoms with Crippen LogP contribution < -0.4 is 9.47 Å². The summed E-state index contributed by atoms with van der Waals surface area (Å²) in [6, 6.07) is 11.0. The fourth-order valence-electron chi connectivity index (χ4n) is 3.56. The predicted octanol–water partition coefficient (Wildman–Crippen LogP) is 8.12. The summed E-state index contributed by atoms with van der Waals surface area (Å²) in [5.74, 6) is -4.89. The third kappa shape index (κ3) is 6.14. The average molecular weight is 548 g/mol. The Kier molecular flexibility index (Phi) is 7.81. The van der Waals surface area contributed by atoms with Gasteiger partial charge in [0.1, 0.15) is 34.5 Å². The summed E-state index contributed by atoms with van der Waals surface area (Å²) in [5, 5.41) is 0. The SMILES string of the molecule is CCOc1ccc(-c2cc(F)c(C(F)(F)Oc3ccc(C#Cc4cc(F)c(F)c(F)c4)c(F)c3)c(F)c2)cc1. The predicted molar refractivity (Wildman–Crippen MR) is 126 cm³/mol. The summed E-state index contributed by atoms with van der Waals surface area (Å²) in [4.78, 5) is 0. The van der Waals surface area contributed by atoms with E-state index in [0.717, 1.165) is 12.1 Å². The fourth-order valence-corrected chi connectivity index (χ4v) is 3.56. The topological polar surface area (TPSA) is 18.5 Å². The summed E-state index contributed by atoms with van der Waals surface area (Å²) < 4.78 is 123. The van der Waals surface area contributed by atoms with Crippen LogP contribution in [-0.4, -0.2) is 6.61 Å². The second-order valence-corrected chi connectivity index (χ2v) is 8.04. The molecule has 0 aromatic heterocycles. The van der Waals surface area contributed by atoms with Gasteiger partial charge in [0, 0.05) is 11.6 Å². The Morgan fingerprint density at radius 2 is 1.23 bits per heavy atom. The molecule has 0 atom stereocenters. The van der Waals surface area contributed by atoms with E-state index in [2.05, 4.69) is 16.6 Å². The monoisotopic (exact) mass is 548 g/mol. The normalized spacial score (nSPS) is 11.1. The second kappa shape index (κ2) is 11.1. The van der Waals surface area contributed by atoms with Crippen molar-refractivity contribution < 1.29 is 44.6 Å². The summed E-state index contributed by atoms with van der Waals surface area (Å²) >= 11 is 0. The van der Waals surface area contributed by atoms with Gasteiger partial charge in [-0.1, -0.05) is 24.0 Å². The molecule has 0 bridgehead atoms. The zero-order valence-corrected chi connectivity index (χ0v) is 19.9. The second-order valence-electron chi connectivity index (χ2n) is 8.04. The standard InChI is InChI=1S/C29H16F8O2/c1-2-38-20-8-5-17(6-9-20)19-13-23(31)27(24(32)14-19)29(36,37)39-21-10-7-18(22(30)15-21)4-3-16-11-25(33)28(35)26(34)12-16/h5-15H,2H2,1H3. The lowest BCUT2D eigenvalue weighted by Crippen LogP contribution is -2.25. The van der Waals surface area contributed by atoms with Crippen LogP contribution in [0.25, 0.3) is 11.1 Å². The highest BCUT2D eigenvalue weighted by molar-refractivity contribution is 5.65. The van der Waals surface area contributed by atoms with Crippen LogP contribution in [-0.2, 0) is 6.11 Å². The number of rotatable bonds is 6. The largest absolute Gasteiger partial charge is 0.494 e. The van der Waals surface area contributed by atoms with E-state index < -0.39 is 52.3 Å². The van der Waals surface area contributed by atoms with Gasteiger partial charge in [0.25, 0.3) is 0 Å². The van der Waals surface area contributed by atoms with Crippen molar-refractivity contribution in [2.45, 2.75) is 13.0 Å². The van der Waals surface area contributed by atoms with Gasteiger partial charge in [0.15, 0.2) is 17.5 Å². The zero-order valence-electron chi connectivity index (χ0n) is 19.9. The first-order valence-corrected chi connectivity index (χ1v) is 11.2. The molecule has 10 heteroatoms. The van der Waals surface area contributed by atoms with Gasteiger partial charge in [-0.25, -0.2) is 26.3 Å². The first-order chi connectivity index (χ1) is 18.5. The number of alkyl halides is 2. The third-order valence-electron chi connectivity index (χ3n) is 5.34. The summed E-state index contributed by atoms with van der Waals surface area (Å²) in [6.45, 7) is 2.18. The Hall–Kier alpha value is -4.52. The maximum Gasteiger partial charge on any atom is 0.432 e. The molecule has 39 heavy (non-hydrogen) atoms. The molecule has 0 unspecified atom stereocenters. The molecule has 0 N–H and O–H groups in total. The molecule has 200 valence electrons. The van der Waals surface area contributed by atoms with Gasteiger partial charge >= 0.3 is 6.11 Å². The van der Waals surface area contributed by atoms with Gasteiger partial charge in [-0.3, -0.25) is 0 Å². The smallest absolute Gasteiger partial charge is 0.432 e. The number of halogens is 8. The van der Waals surface area contributed by atoms with E-state index >= 15 is 0 Å². The summed E-state index contributed by atoms with van der Waals surface area (Å²) in [5.41, 5.74) is -2.04. The highest BCUT2D eigenvalue weighted by Gasteiger charge is 2.41. The van der Waals surface area contributed by atoms with Crippen LogP contribution in [0.2, 0.25) is 0 Å². The quantitative estimate of drug-likeness (QED) is 0.138. The van der Waals surface area contributed by atoms with E-state index in [-0.39, 0.29) is 16.7 Å². The lowest BCUT2D eigenvalue weighted by Gasteiger charge is -2.20. The lowest BCUT2D eigenvalue weighted by atomic mass is 10.0. The molecule has 0 spiro atoms. The Morgan fingerprint density at radius 1 is 0.641 bits per heavy atom. The van der Waals surface area contributed by atoms with Crippen LogP contribution in [0.1, 0.15) is 23.6 Å². The van der Waals surface area contributed by atoms with Crippen LogP contribution in [0.5, 0.6) is 11.5 Å². The molecule has 4 rings (SSSR count). The molecule has 4 aromatic carbocycles. The van der Waals surface area contributed by atoms with E-state index in [1.54, 1.807) is 19.1 Å². The van der Waals surface area contributed by atoms with Crippen LogP contribution in [0.15, 0.2) is 66.7 Å². The average Bonchev–Trinajstić information content (AvgIpc) is 2.86. The molecular weight excluding hydrogens is 532 g/mol. The molecule has 0 saturated heterocycles. The molecular formula is C29H16F8O2. The van der Waals surface area contributed by atoms with Crippen molar-refractivity contribution in [1.82, 2.24) is 0 Å². The maximum absolute atomic E-state index is 14.8. The Morgan fingerprint density at radius 3 is 1.79 bits per heavy atom. The molecule has 0 aliphatic heterocycles. The summed E-state index contributed by atoms with van der Waals surface area (Å²) in [6.07, 6.45) is -4.53. The van der Waals surface area contributed by atoms with Crippen molar-refractivity contribution in [3.8, 4) is 34.5 Å². The number of benzene rings is 4. The van der Waals surface area contributed by atoms with Crippen molar-refractivity contribution in [3.63, 3.8) is 0 Å². The number of hydrogen-bond acceptors (Lipinski definition) is 2. The van der Waals surface area contributed by atoms with Crippen LogP contribution >= 0.6 is 0 Å². The highest BCUT2D eigenvalue weighted by Crippen LogP contribution is 2.37. The van der Waals surface area contributed by atoms with Gasteiger partial charge < -0.3 is 9.47 Å². The maximum atomic E-state index is 14.8. The van der Waals surface area contributed by atoms with Crippen molar-refractivity contribution in [2.75, 3.05) is 6.61 Å². The molecule has 0 aliphatic rings. The third-order valence-corrected chi connectivity index (χ3v) is 5.34. The van der Waals surface area contributed by atoms with Crippen molar-refractivity contribution in [2.24, 2.45) is 0 Å². The van der Waals surface area contributed by atoms with Gasteiger partial charge in [-0.05, 0) is 66.6 Å². The van der Waals surface area contributed by atoms with E-state index in [9.17, 15) is 35.1 Å². The van der Waals surface area contributed by atoms with Crippen LogP contribution in [0.4, 0.5) is 35.1 Å². The molecule has 0 aliphatic carbocycles. The molecule has 4 aromatic rings. The minimum absolute atomic E-state index is 0.0116. The molecule has 0 radical (unpaired) electrons. The van der Waals surface area contributed by atoms with Gasteiger partial charge in [-0.2, -0.15) is 8.78 Å². The van der Waals surface area contributed by atoms with E-state index in [0.29, 0.717) is 48.3 Å². The lowest BCUT2D eigenvalue weighted by molar-refractivity contribution is -0.189. The first kappa shape index (κ1) is 27.5. The Balaban J connectivity index is 1.56. The van der Waals surface area contributed by atoms with Gasteiger partial charge in [0.2, 0.25) is 0 Å². The first-order valence-electron chi connectivity index (χ1n) is 11.2. The Bertz CT molecular complexity index is 1540. The molecule has 0 heterocycles. The minimum Gasteiger partial charge on any atom is -0.494 e. The van der Waals surface area contributed by atoms with Crippen molar-refractivity contribution in [1.29, 1.82) is 0 Å². The number of hydrogen-bond donors (Lipinski definition) is 0. The molecule has 2 nitrogen and oxygen atoms in total. The number of ether oxygens (including phenoxy) is 2. The zero-order chi connectivity index (χ0) is 28.3. The fraction of sp³-hybridized carbons (Fsp3) is 0.103. The van der Waals surface area contributed by atoms with Crippen LogP contribution in [0, 0.1) is 46.7 Å². The van der Waals surface area contributed by atoms with E-state index in [1.165, 1.54) is 12.1 Å². The molecule has 0 amide bonds. The molecule has 0 fully saturated rings.